The maximum absolute atomic E-state index is 5.74. The van der Waals surface area contributed by atoms with Crippen LogP contribution in [-0.2, 0) is 0 Å². The molecule has 3 heterocycles. The molecule has 1 saturated heterocycles. The van der Waals surface area contributed by atoms with Gasteiger partial charge in [0.1, 0.15) is 5.58 Å². The fourth-order valence-electron chi connectivity index (χ4n) is 2.73. The van der Waals surface area contributed by atoms with E-state index >= 15 is 0 Å². The van der Waals surface area contributed by atoms with E-state index in [1.807, 2.05) is 23.5 Å². The van der Waals surface area contributed by atoms with Crippen LogP contribution in [0.4, 0.5) is 10.9 Å². The van der Waals surface area contributed by atoms with Crippen LogP contribution in [0.1, 0.15) is 12.8 Å². The first-order valence-corrected chi connectivity index (χ1v) is 7.09. The summed E-state index contributed by atoms with van der Waals surface area (Å²) in [5.41, 5.74) is 6.62. The molecule has 0 saturated carbocycles. The fourth-order valence-corrected chi connectivity index (χ4v) is 3.86. The third-order valence-electron chi connectivity index (χ3n) is 3.62. The van der Waals surface area contributed by atoms with Gasteiger partial charge in [-0.3, -0.25) is 0 Å². The molecule has 92 valence electrons. The largest absolute Gasteiger partial charge is 0.441 e. The molecule has 1 aliphatic rings. The highest BCUT2D eigenvalue weighted by atomic mass is 32.1. The molecule has 3 nitrogen and oxygen atoms in total. The van der Waals surface area contributed by atoms with Gasteiger partial charge in [0.15, 0.2) is 5.88 Å². The van der Waals surface area contributed by atoms with Crippen LogP contribution < -0.4 is 10.6 Å². The molecular weight excluding hydrogens is 244 g/mol. The van der Waals surface area contributed by atoms with E-state index in [0.29, 0.717) is 5.88 Å². The van der Waals surface area contributed by atoms with Gasteiger partial charge in [-0.05, 0) is 31.0 Å². The van der Waals surface area contributed by atoms with Crippen molar-refractivity contribution in [3.8, 4) is 0 Å². The lowest BCUT2D eigenvalue weighted by atomic mass is 10.2. The van der Waals surface area contributed by atoms with Gasteiger partial charge in [-0.2, -0.15) is 0 Å². The van der Waals surface area contributed by atoms with E-state index in [2.05, 4.69) is 17.0 Å². The van der Waals surface area contributed by atoms with Crippen molar-refractivity contribution >= 4 is 43.3 Å². The van der Waals surface area contributed by atoms with Crippen LogP contribution in [0, 0.1) is 0 Å². The summed E-state index contributed by atoms with van der Waals surface area (Å²) in [6.07, 6.45) is 2.62. The Balaban J connectivity index is 1.95. The second kappa shape index (κ2) is 3.65. The minimum atomic E-state index is 0.492. The SMILES string of the molecule is Nc1cc2c(ccc3sc(N4CCCC4)cc32)o1. The van der Waals surface area contributed by atoms with Crippen LogP contribution in [0.15, 0.2) is 28.7 Å². The Morgan fingerprint density at radius 3 is 2.78 bits per heavy atom. The summed E-state index contributed by atoms with van der Waals surface area (Å²) in [5.74, 6) is 0.492. The van der Waals surface area contributed by atoms with Crippen LogP contribution in [-0.4, -0.2) is 13.1 Å². The zero-order chi connectivity index (χ0) is 12.1. The van der Waals surface area contributed by atoms with Gasteiger partial charge in [-0.1, -0.05) is 0 Å². The number of anilines is 2. The molecule has 3 aromatic rings. The minimum absolute atomic E-state index is 0.492. The molecule has 0 spiro atoms. The van der Waals surface area contributed by atoms with Crippen LogP contribution in [0.25, 0.3) is 21.1 Å². The number of fused-ring (bicyclic) bond motifs is 3. The van der Waals surface area contributed by atoms with Crippen LogP contribution in [0.5, 0.6) is 0 Å². The number of nitrogens with zero attached hydrogens (tertiary/aromatic N) is 1. The van der Waals surface area contributed by atoms with E-state index < -0.39 is 0 Å². The summed E-state index contributed by atoms with van der Waals surface area (Å²) in [5, 5.41) is 3.77. The number of thiophene rings is 1. The molecule has 4 heteroatoms. The van der Waals surface area contributed by atoms with Gasteiger partial charge in [0.05, 0.1) is 5.00 Å². The molecule has 0 aliphatic carbocycles. The van der Waals surface area contributed by atoms with Crippen molar-refractivity contribution in [2.45, 2.75) is 12.8 Å². The van der Waals surface area contributed by atoms with Crippen molar-refractivity contribution in [2.24, 2.45) is 0 Å². The average Bonchev–Trinajstić information content (AvgIpc) is 3.05. The van der Waals surface area contributed by atoms with Crippen molar-refractivity contribution in [1.29, 1.82) is 0 Å². The Morgan fingerprint density at radius 1 is 1.11 bits per heavy atom. The van der Waals surface area contributed by atoms with Crippen molar-refractivity contribution in [3.05, 3.63) is 24.3 Å². The summed E-state index contributed by atoms with van der Waals surface area (Å²) in [4.78, 5) is 2.47. The van der Waals surface area contributed by atoms with Gasteiger partial charge in [-0.15, -0.1) is 11.3 Å². The normalized spacial score (nSPS) is 16.1. The smallest absolute Gasteiger partial charge is 0.191 e. The average molecular weight is 258 g/mol. The van der Waals surface area contributed by atoms with Crippen molar-refractivity contribution in [1.82, 2.24) is 0 Å². The Hall–Kier alpha value is -1.68. The molecule has 1 aliphatic heterocycles. The summed E-state index contributed by atoms with van der Waals surface area (Å²) in [6, 6.07) is 8.35. The quantitative estimate of drug-likeness (QED) is 0.721. The molecule has 1 fully saturated rings. The highest BCUT2D eigenvalue weighted by molar-refractivity contribution is 7.23. The molecule has 18 heavy (non-hydrogen) atoms. The Morgan fingerprint density at radius 2 is 1.94 bits per heavy atom. The molecule has 0 radical (unpaired) electrons. The van der Waals surface area contributed by atoms with Crippen molar-refractivity contribution in [2.75, 3.05) is 23.7 Å². The highest BCUT2D eigenvalue weighted by Gasteiger charge is 2.16. The highest BCUT2D eigenvalue weighted by Crippen LogP contribution is 2.39. The summed E-state index contributed by atoms with van der Waals surface area (Å²) in [7, 11) is 0. The molecule has 0 atom stereocenters. The third-order valence-corrected chi connectivity index (χ3v) is 4.78. The number of nitrogens with two attached hydrogens (primary N) is 1. The lowest BCUT2D eigenvalue weighted by Crippen LogP contribution is -2.15. The van der Waals surface area contributed by atoms with Gasteiger partial charge in [-0.25, -0.2) is 0 Å². The third kappa shape index (κ3) is 1.42. The number of rotatable bonds is 1. The van der Waals surface area contributed by atoms with Crippen molar-refractivity contribution < 1.29 is 4.42 Å². The molecule has 0 unspecified atom stereocenters. The molecule has 2 aromatic heterocycles. The van der Waals surface area contributed by atoms with Gasteiger partial charge in [0.2, 0.25) is 0 Å². The summed E-state index contributed by atoms with van der Waals surface area (Å²) >= 11 is 1.86. The van der Waals surface area contributed by atoms with E-state index in [9.17, 15) is 0 Å². The minimum Gasteiger partial charge on any atom is -0.441 e. The second-order valence-corrected chi connectivity index (χ2v) is 5.88. The molecule has 4 rings (SSSR count). The Kier molecular flexibility index (Phi) is 2.08. The predicted molar refractivity (Wildman–Crippen MR) is 77.5 cm³/mol. The number of hydrogen-bond donors (Lipinski definition) is 1. The predicted octanol–water partition coefficient (Wildman–Crippen LogP) is 3.83. The van der Waals surface area contributed by atoms with E-state index in [1.165, 1.54) is 41.0 Å². The van der Waals surface area contributed by atoms with E-state index in [0.717, 1.165) is 11.0 Å². The van der Waals surface area contributed by atoms with Crippen LogP contribution >= 0.6 is 11.3 Å². The molecule has 0 amide bonds. The summed E-state index contributed by atoms with van der Waals surface area (Å²) < 4.78 is 6.79. The van der Waals surface area contributed by atoms with Gasteiger partial charge in [0, 0.05) is 34.6 Å². The van der Waals surface area contributed by atoms with E-state index in [1.54, 1.807) is 0 Å². The zero-order valence-corrected chi connectivity index (χ0v) is 10.8. The fraction of sp³-hybridized carbons (Fsp3) is 0.286. The van der Waals surface area contributed by atoms with Gasteiger partial charge in [0.25, 0.3) is 0 Å². The second-order valence-electron chi connectivity index (χ2n) is 4.82. The Labute approximate surface area is 109 Å². The molecule has 2 N–H and O–H groups in total. The van der Waals surface area contributed by atoms with Crippen LogP contribution in [0.2, 0.25) is 0 Å². The number of hydrogen-bond acceptors (Lipinski definition) is 4. The van der Waals surface area contributed by atoms with Crippen molar-refractivity contribution in [3.63, 3.8) is 0 Å². The summed E-state index contributed by atoms with van der Waals surface area (Å²) in [6.45, 7) is 2.37. The monoisotopic (exact) mass is 258 g/mol. The van der Waals surface area contributed by atoms with E-state index in [4.69, 9.17) is 10.2 Å². The lowest BCUT2D eigenvalue weighted by Gasteiger charge is -2.13. The van der Waals surface area contributed by atoms with Crippen LogP contribution in [0.3, 0.4) is 0 Å². The number of nitrogen functional groups attached to an aromatic ring is 1. The first-order chi connectivity index (χ1) is 8.81. The molecule has 1 aromatic carbocycles. The number of furan rings is 1. The maximum atomic E-state index is 5.74. The topological polar surface area (TPSA) is 42.4 Å². The number of benzene rings is 1. The molecular formula is C14H14N2OS. The zero-order valence-electron chi connectivity index (χ0n) is 9.98. The first-order valence-electron chi connectivity index (χ1n) is 6.28. The van der Waals surface area contributed by atoms with Gasteiger partial charge >= 0.3 is 0 Å². The molecule has 0 bridgehead atoms. The first kappa shape index (κ1) is 10.3. The lowest BCUT2D eigenvalue weighted by molar-refractivity contribution is 0.637. The van der Waals surface area contributed by atoms with E-state index in [-0.39, 0.29) is 0 Å². The Bertz CT molecular complexity index is 722. The standard InChI is InChI=1S/C14H14N2OS/c15-13-7-9-10-8-14(16-5-1-2-6-16)18-12(10)4-3-11(9)17-13/h3-4,7-8H,1-2,5-6,15H2. The van der Waals surface area contributed by atoms with Gasteiger partial charge < -0.3 is 15.1 Å². The maximum Gasteiger partial charge on any atom is 0.191 e.